The van der Waals surface area contributed by atoms with Crippen molar-refractivity contribution < 1.29 is 133 Å². The molecule has 38 atom stereocenters. The Hall–Kier alpha value is -1.52. The van der Waals surface area contributed by atoms with E-state index in [1.165, 1.54) is 0 Å². The van der Waals surface area contributed by atoms with E-state index in [1.54, 1.807) is 0 Å². The van der Waals surface area contributed by atoms with E-state index in [1.807, 2.05) is 0 Å². The van der Waals surface area contributed by atoms with Crippen LogP contribution in [0.4, 0.5) is 0 Å². The molecule has 0 spiro atoms. The first-order chi connectivity index (χ1) is 39.7. The second-order valence-electron chi connectivity index (χ2n) is 22.4. The van der Waals surface area contributed by atoms with Crippen molar-refractivity contribution in [3.8, 4) is 0 Å². The van der Waals surface area contributed by atoms with Crippen molar-refractivity contribution in [2.24, 2.45) is 63.1 Å². The first-order valence-electron chi connectivity index (χ1n) is 27.7. The zero-order valence-electron chi connectivity index (χ0n) is 45.6. The van der Waals surface area contributed by atoms with Crippen LogP contribution in [0.15, 0.2) is 0 Å². The molecule has 6 saturated heterocycles. The number of hydrogen-bond donors (Lipinski definition) is 26. The predicted octanol–water partition coefficient (Wildman–Crippen LogP) is -17.8. The standard InChI is InChI=1S/C23H46N6O13.C23H45N5O14/c24-2-7-13(32)15(34)10(28)21(37-7)40-18-6(27)1-5(26)12(31)20(18)42-23-17(36)19(9(4-30)39-23)41-22-11(29)16(35)14(33)8(3-25)38-22;24-2-7-13(32)15(34)10(27)21(37-7)41-19-9(4-30)39-23(17(19)36)42-20-12(31)5(25)1-6(26)18(20)40-22-11(28)16(35)14(33)8(3-29)38-22/h5-23,30-36H,1-4,24-29H2;5-23,29-36H,1-4,24-28H2/t5-,6+,7-,8+,9-,10-,11-,12+,13-,14-,15-,16-,17-,18-,19-,20-,21-,22-,23+;5-,6+,7+,8-,9-,10-,11-,12+,13-,14-,15-,16-,17-,18-,19-,20-,21-,22-,23+/m11/s1. The second-order valence-corrected chi connectivity index (χ2v) is 22.4. The van der Waals surface area contributed by atoms with E-state index in [0.29, 0.717) is 0 Å². The molecule has 0 aromatic carbocycles. The summed E-state index contributed by atoms with van der Waals surface area (Å²) in [4.78, 5) is 0. The summed E-state index contributed by atoms with van der Waals surface area (Å²) < 4.78 is 69.1. The van der Waals surface area contributed by atoms with Gasteiger partial charge in [-0.15, -0.1) is 0 Å². The molecule has 8 fully saturated rings. The van der Waals surface area contributed by atoms with Gasteiger partial charge in [0, 0.05) is 43.8 Å². The smallest absolute Gasteiger partial charge is 0.187 e. The molecule has 0 amide bonds. The summed E-state index contributed by atoms with van der Waals surface area (Å²) in [6.45, 7) is -2.45. The Balaban J connectivity index is 0.000000241. The van der Waals surface area contributed by atoms with E-state index in [9.17, 15) is 76.6 Å². The van der Waals surface area contributed by atoms with Gasteiger partial charge in [-0.2, -0.15) is 0 Å². The van der Waals surface area contributed by atoms with Crippen molar-refractivity contribution in [1.29, 1.82) is 0 Å². The Morgan fingerprint density at radius 2 is 0.500 bits per heavy atom. The molecule has 37 N–H and O–H groups in total. The monoisotopic (exact) mass is 1230 g/mol. The molecule has 2 saturated carbocycles. The van der Waals surface area contributed by atoms with Crippen LogP contribution in [-0.4, -0.2) is 349 Å². The van der Waals surface area contributed by atoms with Gasteiger partial charge >= 0.3 is 0 Å². The van der Waals surface area contributed by atoms with Gasteiger partial charge in [0.05, 0.1) is 56.2 Å². The lowest BCUT2D eigenvalue weighted by Crippen LogP contribution is -2.68. The fraction of sp³-hybridized carbons (Fsp3) is 1.00. The molecule has 38 heteroatoms. The van der Waals surface area contributed by atoms with Gasteiger partial charge in [0.2, 0.25) is 0 Å². The minimum absolute atomic E-state index is 0.0642. The highest BCUT2D eigenvalue weighted by molar-refractivity contribution is 5.05. The van der Waals surface area contributed by atoms with Gasteiger partial charge in [-0.05, 0) is 12.8 Å². The van der Waals surface area contributed by atoms with Crippen LogP contribution in [0.5, 0.6) is 0 Å². The maximum Gasteiger partial charge on any atom is 0.187 e. The number of aliphatic hydroxyl groups excluding tert-OH is 15. The second kappa shape index (κ2) is 30.1. The summed E-state index contributed by atoms with van der Waals surface area (Å²) in [5.41, 5.74) is 65.5. The van der Waals surface area contributed by atoms with Crippen LogP contribution in [0.25, 0.3) is 0 Å². The largest absolute Gasteiger partial charge is 0.394 e. The summed E-state index contributed by atoms with van der Waals surface area (Å²) in [5.74, 6) is 0. The number of nitrogens with two attached hydrogens (primary N) is 11. The third-order valence-electron chi connectivity index (χ3n) is 16.7. The Bertz CT molecular complexity index is 1870. The van der Waals surface area contributed by atoms with Crippen LogP contribution in [0.1, 0.15) is 12.8 Å². The lowest BCUT2D eigenvalue weighted by molar-refractivity contribution is -0.310. The first kappa shape index (κ1) is 69.9. The first-order valence-corrected chi connectivity index (χ1v) is 27.7. The zero-order chi connectivity index (χ0) is 62.1. The average molecular weight is 1230 g/mol. The predicted molar refractivity (Wildman–Crippen MR) is 275 cm³/mol. The van der Waals surface area contributed by atoms with Crippen molar-refractivity contribution in [1.82, 2.24) is 0 Å². The molecule has 0 aromatic heterocycles. The van der Waals surface area contributed by atoms with Crippen molar-refractivity contribution >= 4 is 0 Å². The summed E-state index contributed by atoms with van der Waals surface area (Å²) >= 11 is 0. The van der Waals surface area contributed by atoms with E-state index < -0.39 is 252 Å². The highest BCUT2D eigenvalue weighted by Crippen LogP contribution is 2.37. The Kier molecular flexibility index (Phi) is 25.0. The Morgan fingerprint density at radius 3 is 0.774 bits per heavy atom. The van der Waals surface area contributed by atoms with Gasteiger partial charge in [0.15, 0.2) is 37.7 Å². The van der Waals surface area contributed by atoms with Crippen molar-refractivity contribution in [3.05, 3.63) is 0 Å². The molecule has 2 aliphatic carbocycles. The summed E-state index contributed by atoms with van der Waals surface area (Å²) in [5, 5.41) is 155. The molecule has 0 aromatic rings. The molecule has 0 radical (unpaired) electrons. The van der Waals surface area contributed by atoms with E-state index in [4.69, 9.17) is 120 Å². The number of hydrogen-bond acceptors (Lipinski definition) is 38. The number of ether oxygens (including phenoxy) is 12. The fourth-order valence-corrected chi connectivity index (χ4v) is 11.4. The Labute approximate surface area is 480 Å². The SMILES string of the molecule is NC[C@@H]1O[C@H](O[C@H]2[C@@H](O)[C@H](O[C@@H]3[C@@H](O)[C@H](N)C[C@H](N)[C@H]3O[C@H]3O[C@H](CN)[C@@H](O)[C@H](O)[C@H]3N)O[C@@H]2CO)[C@H](N)[C@@H](O)[C@@H]1O.NC[C@@H]1O[C@H](O[C@H]2[C@@H](O)[C@H](O[C@@H]3[C@@H](O)[C@H](N)C[C@H](N)[C@H]3O[C@H]3O[C@H](CO)[C@@H](O)[C@H](O)[C@H]3N)O[C@@H]2CO)[C@H](N)[C@@H](O)[C@@H]1O. The molecule has 38 nitrogen and oxygen atoms in total. The maximum atomic E-state index is 11.1. The van der Waals surface area contributed by atoms with Gasteiger partial charge in [-0.1, -0.05) is 0 Å². The molecule has 0 unspecified atom stereocenters. The molecule has 84 heavy (non-hydrogen) atoms. The van der Waals surface area contributed by atoms with Gasteiger partial charge in [0.25, 0.3) is 0 Å². The van der Waals surface area contributed by atoms with Crippen LogP contribution in [0.3, 0.4) is 0 Å². The Morgan fingerprint density at radius 1 is 0.262 bits per heavy atom. The zero-order valence-corrected chi connectivity index (χ0v) is 45.6. The highest BCUT2D eigenvalue weighted by atomic mass is 16.8. The van der Waals surface area contributed by atoms with Crippen LogP contribution < -0.4 is 63.1 Å². The maximum absolute atomic E-state index is 11.1. The summed E-state index contributed by atoms with van der Waals surface area (Å²) in [6.07, 6.45) is -40.3. The van der Waals surface area contributed by atoms with Crippen LogP contribution in [0, 0.1) is 0 Å². The quantitative estimate of drug-likeness (QED) is 0.0606. The molecule has 8 aliphatic rings. The minimum Gasteiger partial charge on any atom is -0.394 e. The van der Waals surface area contributed by atoms with Crippen molar-refractivity contribution in [2.75, 3.05) is 39.5 Å². The van der Waals surface area contributed by atoms with Gasteiger partial charge < -0.3 is 197 Å². The van der Waals surface area contributed by atoms with Crippen molar-refractivity contribution in [3.63, 3.8) is 0 Å². The van der Waals surface area contributed by atoms with Gasteiger partial charge in [0.1, 0.15) is 134 Å². The normalized spacial score (nSPS) is 53.8. The van der Waals surface area contributed by atoms with Crippen LogP contribution >= 0.6 is 0 Å². The summed E-state index contributed by atoms with van der Waals surface area (Å²) in [6, 6.07) is -8.48. The van der Waals surface area contributed by atoms with Crippen LogP contribution in [0.2, 0.25) is 0 Å². The molecule has 0 bridgehead atoms. The molecular weight excluding hydrogens is 1140 g/mol. The highest BCUT2D eigenvalue weighted by Gasteiger charge is 2.57. The average Bonchev–Trinajstić information content (AvgIpc) is 2.55. The van der Waals surface area contributed by atoms with Crippen molar-refractivity contribution in [2.45, 2.75) is 245 Å². The van der Waals surface area contributed by atoms with Crippen LogP contribution in [-0.2, 0) is 56.8 Å². The molecule has 6 heterocycles. The van der Waals surface area contributed by atoms with E-state index >= 15 is 0 Å². The summed E-state index contributed by atoms with van der Waals surface area (Å²) in [7, 11) is 0. The number of aliphatic hydroxyl groups is 15. The molecule has 492 valence electrons. The topological polar surface area (TPSA) is 700 Å². The third kappa shape index (κ3) is 14.6. The lowest BCUT2D eigenvalue weighted by Gasteiger charge is -2.47. The van der Waals surface area contributed by atoms with E-state index in [2.05, 4.69) is 0 Å². The van der Waals surface area contributed by atoms with E-state index in [-0.39, 0.29) is 32.5 Å². The minimum atomic E-state index is -1.62. The molecule has 6 aliphatic heterocycles. The fourth-order valence-electron chi connectivity index (χ4n) is 11.4. The van der Waals surface area contributed by atoms with Gasteiger partial charge in [-0.3, -0.25) is 0 Å². The van der Waals surface area contributed by atoms with E-state index in [0.717, 1.165) is 0 Å². The van der Waals surface area contributed by atoms with Gasteiger partial charge in [-0.25, -0.2) is 0 Å². The number of rotatable bonds is 18. The molecule has 8 rings (SSSR count). The lowest BCUT2D eigenvalue weighted by atomic mass is 9.84. The third-order valence-corrected chi connectivity index (χ3v) is 16.7. The molecular formula is C46H91N11O27.